The molecule has 3 unspecified atom stereocenters. The third kappa shape index (κ3) is 3.79. The highest BCUT2D eigenvalue weighted by molar-refractivity contribution is 7.05. The molecule has 1 saturated carbocycles. The van der Waals surface area contributed by atoms with Crippen molar-refractivity contribution >= 4 is 11.5 Å². The van der Waals surface area contributed by atoms with Crippen LogP contribution in [0.25, 0.3) is 0 Å². The third-order valence-corrected chi connectivity index (χ3v) is 5.35. The lowest BCUT2D eigenvalue weighted by Crippen LogP contribution is -2.33. The van der Waals surface area contributed by atoms with Gasteiger partial charge in [-0.1, -0.05) is 32.2 Å². The highest BCUT2D eigenvalue weighted by atomic mass is 32.1. The van der Waals surface area contributed by atoms with Crippen LogP contribution in [0.4, 0.5) is 0 Å². The van der Waals surface area contributed by atoms with Crippen molar-refractivity contribution in [3.05, 3.63) is 10.6 Å². The molecular formula is C16H29N3S. The van der Waals surface area contributed by atoms with Gasteiger partial charge in [-0.25, -0.2) is 0 Å². The van der Waals surface area contributed by atoms with Crippen molar-refractivity contribution in [3.63, 3.8) is 0 Å². The molecule has 20 heavy (non-hydrogen) atoms. The summed E-state index contributed by atoms with van der Waals surface area (Å²) in [6.07, 6.45) is 6.24. The van der Waals surface area contributed by atoms with E-state index in [4.69, 9.17) is 0 Å². The number of hydrogen-bond donors (Lipinski definition) is 1. The smallest absolute Gasteiger partial charge is 0.0801 e. The Labute approximate surface area is 127 Å². The maximum absolute atomic E-state index is 4.33. The zero-order valence-corrected chi connectivity index (χ0v) is 14.2. The molecular weight excluding hydrogens is 266 g/mol. The first-order chi connectivity index (χ1) is 9.65. The van der Waals surface area contributed by atoms with Gasteiger partial charge in [0.15, 0.2) is 0 Å². The maximum Gasteiger partial charge on any atom is 0.0801 e. The second-order valence-electron chi connectivity index (χ2n) is 6.55. The Hall–Kier alpha value is -0.480. The summed E-state index contributed by atoms with van der Waals surface area (Å²) < 4.78 is 4.21. The standard InChI is InChI=1S/C16H29N3S/c1-5-7-17-15(16-14(6-2)18-19-20-16)13-9-11(3)8-12(4)10-13/h11-13,15,17H,5-10H2,1-4H3. The Kier molecular flexibility index (Phi) is 5.97. The van der Waals surface area contributed by atoms with Gasteiger partial charge in [-0.05, 0) is 67.9 Å². The molecule has 2 rings (SSSR count). The van der Waals surface area contributed by atoms with Crippen molar-refractivity contribution in [1.29, 1.82) is 0 Å². The van der Waals surface area contributed by atoms with E-state index in [1.807, 2.05) is 0 Å². The van der Waals surface area contributed by atoms with E-state index in [0.717, 1.165) is 30.7 Å². The molecule has 3 atom stereocenters. The molecule has 4 heteroatoms. The Morgan fingerprint density at radius 1 is 1.20 bits per heavy atom. The summed E-state index contributed by atoms with van der Waals surface area (Å²) in [5, 5.41) is 8.11. The normalized spacial score (nSPS) is 28.5. The molecule has 1 aliphatic carbocycles. The van der Waals surface area contributed by atoms with Crippen molar-refractivity contribution < 1.29 is 0 Å². The Morgan fingerprint density at radius 3 is 2.50 bits per heavy atom. The average Bonchev–Trinajstić information content (AvgIpc) is 2.86. The molecule has 1 aromatic rings. The van der Waals surface area contributed by atoms with Crippen molar-refractivity contribution in [2.75, 3.05) is 6.54 Å². The lowest BCUT2D eigenvalue weighted by Gasteiger charge is -2.36. The Bertz CT molecular complexity index is 394. The molecule has 0 amide bonds. The molecule has 1 heterocycles. The van der Waals surface area contributed by atoms with E-state index in [2.05, 4.69) is 42.6 Å². The van der Waals surface area contributed by atoms with Crippen LogP contribution in [0.5, 0.6) is 0 Å². The summed E-state index contributed by atoms with van der Waals surface area (Å²) in [4.78, 5) is 1.40. The van der Waals surface area contributed by atoms with E-state index in [0.29, 0.717) is 6.04 Å². The lowest BCUT2D eigenvalue weighted by atomic mass is 9.73. The van der Waals surface area contributed by atoms with Crippen LogP contribution >= 0.6 is 11.5 Å². The van der Waals surface area contributed by atoms with Gasteiger partial charge in [0.05, 0.1) is 10.6 Å². The number of aryl methyl sites for hydroxylation is 1. The highest BCUT2D eigenvalue weighted by Crippen LogP contribution is 2.41. The first-order valence-electron chi connectivity index (χ1n) is 8.20. The molecule has 1 N–H and O–H groups in total. The van der Waals surface area contributed by atoms with Crippen molar-refractivity contribution in [2.45, 2.75) is 65.8 Å². The molecule has 114 valence electrons. The zero-order chi connectivity index (χ0) is 14.5. The summed E-state index contributed by atoms with van der Waals surface area (Å²) in [5.74, 6) is 2.44. The van der Waals surface area contributed by atoms with E-state index in [1.165, 1.54) is 36.3 Å². The molecule has 0 spiro atoms. The average molecular weight is 295 g/mol. The third-order valence-electron chi connectivity index (χ3n) is 4.50. The highest BCUT2D eigenvalue weighted by Gasteiger charge is 2.32. The topological polar surface area (TPSA) is 37.8 Å². The van der Waals surface area contributed by atoms with Crippen LogP contribution in [0.2, 0.25) is 0 Å². The summed E-state index contributed by atoms with van der Waals surface area (Å²) in [5.41, 5.74) is 1.20. The Balaban J connectivity index is 2.18. The van der Waals surface area contributed by atoms with Gasteiger partial charge in [0.2, 0.25) is 0 Å². The number of rotatable bonds is 6. The SMILES string of the molecule is CCCNC(c1snnc1CC)C1CC(C)CC(C)C1. The molecule has 1 fully saturated rings. The molecule has 1 aliphatic rings. The molecule has 3 nitrogen and oxygen atoms in total. The minimum atomic E-state index is 0.468. The van der Waals surface area contributed by atoms with Gasteiger partial charge in [-0.2, -0.15) is 0 Å². The molecule has 0 radical (unpaired) electrons. The number of hydrogen-bond acceptors (Lipinski definition) is 4. The van der Waals surface area contributed by atoms with Crippen LogP contribution in [0, 0.1) is 17.8 Å². The second kappa shape index (κ2) is 7.51. The predicted octanol–water partition coefficient (Wildman–Crippen LogP) is 4.21. The van der Waals surface area contributed by atoms with E-state index in [-0.39, 0.29) is 0 Å². The summed E-state index contributed by atoms with van der Waals surface area (Å²) in [6.45, 7) is 10.3. The number of nitrogens with zero attached hydrogens (tertiary/aromatic N) is 2. The van der Waals surface area contributed by atoms with Crippen molar-refractivity contribution in [2.24, 2.45) is 17.8 Å². The zero-order valence-electron chi connectivity index (χ0n) is 13.4. The molecule has 0 saturated heterocycles. The largest absolute Gasteiger partial charge is 0.309 e. The van der Waals surface area contributed by atoms with E-state index < -0.39 is 0 Å². The molecule has 0 aromatic carbocycles. The number of aromatic nitrogens is 2. The monoisotopic (exact) mass is 295 g/mol. The minimum Gasteiger partial charge on any atom is -0.309 e. The first kappa shape index (κ1) is 15.9. The van der Waals surface area contributed by atoms with Crippen LogP contribution in [0.3, 0.4) is 0 Å². The van der Waals surface area contributed by atoms with Crippen LogP contribution in [0.15, 0.2) is 0 Å². The van der Waals surface area contributed by atoms with E-state index >= 15 is 0 Å². The fourth-order valence-corrected chi connectivity index (χ4v) is 4.66. The van der Waals surface area contributed by atoms with Gasteiger partial charge in [0.25, 0.3) is 0 Å². The van der Waals surface area contributed by atoms with E-state index in [1.54, 1.807) is 11.5 Å². The van der Waals surface area contributed by atoms with Crippen LogP contribution in [-0.2, 0) is 6.42 Å². The fourth-order valence-electron chi connectivity index (χ4n) is 3.75. The summed E-state index contributed by atoms with van der Waals surface area (Å²) in [6, 6.07) is 0.468. The van der Waals surface area contributed by atoms with Gasteiger partial charge in [-0.3, -0.25) is 0 Å². The van der Waals surface area contributed by atoms with Gasteiger partial charge >= 0.3 is 0 Å². The summed E-state index contributed by atoms with van der Waals surface area (Å²) >= 11 is 1.61. The van der Waals surface area contributed by atoms with Crippen LogP contribution < -0.4 is 5.32 Å². The van der Waals surface area contributed by atoms with Gasteiger partial charge in [-0.15, -0.1) is 5.10 Å². The van der Waals surface area contributed by atoms with Crippen LogP contribution in [0.1, 0.15) is 70.0 Å². The minimum absolute atomic E-state index is 0.468. The molecule has 0 bridgehead atoms. The predicted molar refractivity (Wildman–Crippen MR) is 86.0 cm³/mol. The van der Waals surface area contributed by atoms with Crippen LogP contribution in [-0.4, -0.2) is 16.1 Å². The quantitative estimate of drug-likeness (QED) is 0.854. The van der Waals surface area contributed by atoms with E-state index in [9.17, 15) is 0 Å². The van der Waals surface area contributed by atoms with Gasteiger partial charge in [0, 0.05) is 6.04 Å². The fraction of sp³-hybridized carbons (Fsp3) is 0.875. The second-order valence-corrected chi connectivity index (χ2v) is 7.33. The summed E-state index contributed by atoms with van der Waals surface area (Å²) in [7, 11) is 0. The number of nitrogens with one attached hydrogen (secondary N) is 1. The van der Waals surface area contributed by atoms with Gasteiger partial charge < -0.3 is 5.32 Å². The molecule has 1 aromatic heterocycles. The lowest BCUT2D eigenvalue weighted by molar-refractivity contribution is 0.177. The maximum atomic E-state index is 4.33. The van der Waals surface area contributed by atoms with Crippen molar-refractivity contribution in [1.82, 2.24) is 14.9 Å². The Morgan fingerprint density at radius 2 is 1.90 bits per heavy atom. The van der Waals surface area contributed by atoms with Gasteiger partial charge in [0.1, 0.15) is 0 Å². The van der Waals surface area contributed by atoms with Crippen molar-refractivity contribution in [3.8, 4) is 0 Å². The first-order valence-corrected chi connectivity index (χ1v) is 8.97. The molecule has 0 aliphatic heterocycles.